The molecule has 4 aromatic carbocycles. The lowest BCUT2D eigenvalue weighted by Crippen LogP contribution is -2.71. The summed E-state index contributed by atoms with van der Waals surface area (Å²) in [6.45, 7) is 10.4. The van der Waals surface area contributed by atoms with Crippen LogP contribution in [0.2, 0.25) is 5.04 Å². The molecule has 2 aliphatic heterocycles. The number of benzene rings is 4. The monoisotopic (exact) mass is 619 g/mol. The molecule has 0 N–H and O–H groups in total. The van der Waals surface area contributed by atoms with Gasteiger partial charge in [0.05, 0.1) is 44.0 Å². The minimum Gasteiger partial charge on any atom is -0.404 e. The summed E-state index contributed by atoms with van der Waals surface area (Å²) < 4.78 is 20.2. The summed E-state index contributed by atoms with van der Waals surface area (Å²) in [7, 11) is -2.81. The predicted molar refractivity (Wildman–Crippen MR) is 182 cm³/mol. The number of fused-ring (bicyclic) bond motifs is 1. The number of carbonyl (C=O) groups excluding carboxylic acids is 1. The van der Waals surface area contributed by atoms with Gasteiger partial charge in [0, 0.05) is 6.04 Å². The lowest BCUT2D eigenvalue weighted by Gasteiger charge is -2.51. The molecule has 6 heteroatoms. The minimum atomic E-state index is -2.81. The number of amides is 1. The Kier molecular flexibility index (Phi) is 9.38. The van der Waals surface area contributed by atoms with Gasteiger partial charge in [0.1, 0.15) is 0 Å². The molecule has 6 rings (SSSR count). The van der Waals surface area contributed by atoms with Crippen LogP contribution in [0.15, 0.2) is 121 Å². The average Bonchev–Trinajstić information content (AvgIpc) is 3.36. The highest BCUT2D eigenvalue weighted by Gasteiger charge is 2.61. The van der Waals surface area contributed by atoms with Gasteiger partial charge in [0.15, 0.2) is 0 Å². The predicted octanol–water partition coefficient (Wildman–Crippen LogP) is 6.35. The van der Waals surface area contributed by atoms with Crippen LogP contribution in [0.5, 0.6) is 0 Å². The number of ether oxygens (including phenoxy) is 2. The van der Waals surface area contributed by atoms with E-state index in [0.717, 1.165) is 17.5 Å². The lowest BCUT2D eigenvalue weighted by molar-refractivity contribution is -0.165. The van der Waals surface area contributed by atoms with Crippen molar-refractivity contribution >= 4 is 24.6 Å². The zero-order valence-corrected chi connectivity index (χ0v) is 27.8. The summed E-state index contributed by atoms with van der Waals surface area (Å²) in [5, 5.41) is 2.28. The smallest absolute Gasteiger partial charge is 0.261 e. The molecule has 0 unspecified atom stereocenters. The standard InChI is InChI=1S/C39H45NO4Si/c1-29(44-45(39(2,3)4,32-21-13-7-14-22-32)33-23-15-8-16-24-33)37-34-25-36(43-27-31-19-11-6-12-20-31)35(40(34)38(37)41)28-42-26-30-17-9-5-10-18-30/h5-24,29,34-37H,25-28H2,1-4H3/t29-,34-,35+,36+,37+/m1/s1. The highest BCUT2D eigenvalue weighted by molar-refractivity contribution is 6.99. The lowest BCUT2D eigenvalue weighted by atomic mass is 9.84. The van der Waals surface area contributed by atoms with Gasteiger partial charge in [-0.3, -0.25) is 4.79 Å². The Balaban J connectivity index is 1.25. The first-order valence-electron chi connectivity index (χ1n) is 16.2. The van der Waals surface area contributed by atoms with Crippen LogP contribution in [0.25, 0.3) is 0 Å². The van der Waals surface area contributed by atoms with Gasteiger partial charge in [0.25, 0.3) is 8.32 Å². The van der Waals surface area contributed by atoms with Crippen LogP contribution < -0.4 is 10.4 Å². The van der Waals surface area contributed by atoms with E-state index in [1.54, 1.807) is 0 Å². The van der Waals surface area contributed by atoms with E-state index in [-0.39, 0.29) is 41.2 Å². The second-order valence-corrected chi connectivity index (χ2v) is 17.7. The van der Waals surface area contributed by atoms with E-state index < -0.39 is 8.32 Å². The van der Waals surface area contributed by atoms with Gasteiger partial charge in [-0.1, -0.05) is 142 Å². The summed E-state index contributed by atoms with van der Waals surface area (Å²) in [5.74, 6) is -0.0850. The number of nitrogens with zero attached hydrogens (tertiary/aromatic N) is 1. The Hall–Kier alpha value is -3.55. The number of β-lactam (4-membered cyclic amide) rings is 1. The number of carbonyl (C=O) groups is 1. The van der Waals surface area contributed by atoms with Crippen molar-refractivity contribution in [1.82, 2.24) is 4.90 Å². The van der Waals surface area contributed by atoms with Crippen LogP contribution >= 0.6 is 0 Å². The Bertz CT molecular complexity index is 1490. The van der Waals surface area contributed by atoms with E-state index in [1.807, 2.05) is 41.3 Å². The van der Waals surface area contributed by atoms with Crippen molar-refractivity contribution < 1.29 is 18.7 Å². The summed E-state index contributed by atoms with van der Waals surface area (Å²) in [6, 6.07) is 41.7. The molecule has 5 nitrogen and oxygen atoms in total. The first kappa shape index (κ1) is 31.4. The molecule has 0 saturated carbocycles. The van der Waals surface area contributed by atoms with Crippen molar-refractivity contribution in [3.8, 4) is 0 Å². The Morgan fingerprint density at radius 3 is 1.76 bits per heavy atom. The average molecular weight is 620 g/mol. The Morgan fingerprint density at radius 1 is 0.756 bits per heavy atom. The molecule has 0 bridgehead atoms. The van der Waals surface area contributed by atoms with Crippen molar-refractivity contribution in [2.24, 2.45) is 5.92 Å². The van der Waals surface area contributed by atoms with Crippen molar-refractivity contribution in [2.45, 2.75) is 76.7 Å². The fourth-order valence-electron chi connectivity index (χ4n) is 7.41. The van der Waals surface area contributed by atoms with Gasteiger partial charge < -0.3 is 18.8 Å². The van der Waals surface area contributed by atoms with Crippen molar-refractivity contribution in [1.29, 1.82) is 0 Å². The summed E-state index contributed by atoms with van der Waals surface area (Å²) in [5.41, 5.74) is 2.25. The van der Waals surface area contributed by atoms with Gasteiger partial charge in [-0.2, -0.15) is 0 Å². The van der Waals surface area contributed by atoms with E-state index in [4.69, 9.17) is 13.9 Å². The van der Waals surface area contributed by atoms with Gasteiger partial charge >= 0.3 is 0 Å². The molecule has 234 valence electrons. The highest BCUT2D eigenvalue weighted by Crippen LogP contribution is 2.46. The molecule has 45 heavy (non-hydrogen) atoms. The quantitative estimate of drug-likeness (QED) is 0.137. The zero-order chi connectivity index (χ0) is 31.4. The maximum atomic E-state index is 14.1. The summed E-state index contributed by atoms with van der Waals surface area (Å²) in [6.07, 6.45) is 0.403. The number of rotatable bonds is 12. The molecule has 2 saturated heterocycles. The van der Waals surface area contributed by atoms with E-state index in [2.05, 4.69) is 113 Å². The topological polar surface area (TPSA) is 48.0 Å². The molecule has 2 aliphatic rings. The normalized spacial score (nSPS) is 22.1. The second-order valence-electron chi connectivity index (χ2n) is 13.5. The van der Waals surface area contributed by atoms with Crippen molar-refractivity contribution in [3.63, 3.8) is 0 Å². The molecule has 5 atom stereocenters. The van der Waals surface area contributed by atoms with Crippen LogP contribution in [0.1, 0.15) is 45.2 Å². The minimum absolute atomic E-state index is 0.0526. The molecular weight excluding hydrogens is 575 g/mol. The molecule has 4 aromatic rings. The molecule has 0 spiro atoms. The van der Waals surface area contributed by atoms with Crippen molar-refractivity contribution in [3.05, 3.63) is 132 Å². The first-order valence-corrected chi connectivity index (χ1v) is 18.1. The molecular formula is C39H45NO4Si. The van der Waals surface area contributed by atoms with E-state index in [0.29, 0.717) is 19.8 Å². The van der Waals surface area contributed by atoms with Crippen LogP contribution in [0.3, 0.4) is 0 Å². The maximum Gasteiger partial charge on any atom is 0.261 e. The third-order valence-electron chi connectivity index (χ3n) is 9.56. The number of hydrogen-bond acceptors (Lipinski definition) is 4. The zero-order valence-electron chi connectivity index (χ0n) is 26.8. The van der Waals surface area contributed by atoms with Crippen LogP contribution in [0, 0.1) is 5.92 Å². The third-order valence-corrected chi connectivity index (χ3v) is 14.7. The van der Waals surface area contributed by atoms with Crippen LogP contribution in [-0.2, 0) is 31.9 Å². The molecule has 1 amide bonds. The highest BCUT2D eigenvalue weighted by atomic mass is 28.4. The maximum absolute atomic E-state index is 14.1. The van der Waals surface area contributed by atoms with Gasteiger partial charge in [-0.25, -0.2) is 0 Å². The van der Waals surface area contributed by atoms with E-state index in [9.17, 15) is 4.79 Å². The van der Waals surface area contributed by atoms with E-state index >= 15 is 0 Å². The van der Waals surface area contributed by atoms with Crippen LogP contribution in [-0.4, -0.2) is 50.0 Å². The largest absolute Gasteiger partial charge is 0.404 e. The van der Waals surface area contributed by atoms with Gasteiger partial charge in [-0.15, -0.1) is 0 Å². The van der Waals surface area contributed by atoms with E-state index in [1.165, 1.54) is 10.4 Å². The summed E-state index contributed by atoms with van der Waals surface area (Å²) in [4.78, 5) is 16.1. The van der Waals surface area contributed by atoms with Crippen LogP contribution in [0.4, 0.5) is 0 Å². The molecule has 0 radical (unpaired) electrons. The Morgan fingerprint density at radius 2 is 1.24 bits per heavy atom. The Labute approximate surface area is 269 Å². The van der Waals surface area contributed by atoms with Crippen molar-refractivity contribution in [2.75, 3.05) is 6.61 Å². The van der Waals surface area contributed by atoms with Gasteiger partial charge in [0.2, 0.25) is 5.91 Å². The van der Waals surface area contributed by atoms with Gasteiger partial charge in [-0.05, 0) is 39.9 Å². The summed E-state index contributed by atoms with van der Waals surface area (Å²) >= 11 is 0. The molecule has 0 aliphatic carbocycles. The third kappa shape index (κ3) is 6.30. The fourth-order valence-corrected chi connectivity index (χ4v) is 12.1. The fraction of sp³-hybridized carbons (Fsp3) is 0.359. The first-order chi connectivity index (χ1) is 21.8. The molecule has 2 fully saturated rings. The SMILES string of the molecule is C[C@@H](O[Si](c1ccccc1)(c1ccccc1)C(C)(C)C)[C@@H]1C(=O)N2[C@@H]1C[C@H](OCc1ccccc1)[C@@H]2COCc1ccccc1. The molecule has 2 heterocycles. The molecule has 0 aromatic heterocycles. The number of hydrogen-bond donors (Lipinski definition) is 0. The second kappa shape index (κ2) is 13.4.